The van der Waals surface area contributed by atoms with Crippen molar-refractivity contribution in [2.24, 2.45) is 0 Å². The molecule has 2 fully saturated rings. The highest BCUT2D eigenvalue weighted by Gasteiger charge is 2.27. The molecule has 0 bridgehead atoms. The highest BCUT2D eigenvalue weighted by atomic mass is 35.5. The van der Waals surface area contributed by atoms with Crippen LogP contribution >= 0.6 is 11.6 Å². The number of rotatable bonds is 3. The second-order valence-electron chi connectivity index (χ2n) is 7.20. The number of aromatic nitrogens is 2. The molecular weight excluding hydrogens is 381 g/mol. The largest absolute Gasteiger partial charge is 0.356 e. The van der Waals surface area contributed by atoms with E-state index in [9.17, 15) is 9.18 Å². The van der Waals surface area contributed by atoms with Crippen molar-refractivity contribution in [3.8, 4) is 0 Å². The Balaban J connectivity index is 1.46. The summed E-state index contributed by atoms with van der Waals surface area (Å²) in [6, 6.07) is 6.34. The van der Waals surface area contributed by atoms with E-state index in [-0.39, 0.29) is 16.5 Å². The summed E-state index contributed by atoms with van der Waals surface area (Å²) in [6.45, 7) is 6.21. The van der Waals surface area contributed by atoms with E-state index in [4.69, 9.17) is 11.6 Å². The average molecular weight is 404 g/mol. The first kappa shape index (κ1) is 18.9. The first-order valence-electron chi connectivity index (χ1n) is 9.62. The number of piperazine rings is 1. The molecule has 0 spiro atoms. The van der Waals surface area contributed by atoms with Crippen molar-refractivity contribution in [2.75, 3.05) is 49.1 Å². The Kier molecular flexibility index (Phi) is 5.35. The smallest absolute Gasteiger partial charge is 0.258 e. The van der Waals surface area contributed by atoms with Gasteiger partial charge in [0.2, 0.25) is 0 Å². The lowest BCUT2D eigenvalue weighted by molar-refractivity contribution is 0.0742. The van der Waals surface area contributed by atoms with E-state index in [1.54, 1.807) is 4.90 Å². The fourth-order valence-corrected chi connectivity index (χ4v) is 4.05. The quantitative estimate of drug-likeness (QED) is 0.788. The molecule has 28 heavy (non-hydrogen) atoms. The van der Waals surface area contributed by atoms with Crippen LogP contribution < -0.4 is 9.80 Å². The Morgan fingerprint density at radius 1 is 1.00 bits per heavy atom. The summed E-state index contributed by atoms with van der Waals surface area (Å²) in [7, 11) is 0. The molecule has 2 saturated heterocycles. The number of benzene rings is 1. The van der Waals surface area contributed by atoms with Crippen LogP contribution in [0, 0.1) is 12.7 Å². The van der Waals surface area contributed by atoms with Crippen LogP contribution in [0.4, 0.5) is 16.0 Å². The molecule has 1 aromatic heterocycles. The maximum atomic E-state index is 14.1. The minimum Gasteiger partial charge on any atom is -0.356 e. The summed E-state index contributed by atoms with van der Waals surface area (Å²) in [5.41, 5.74) is -0.0492. The highest BCUT2D eigenvalue weighted by Crippen LogP contribution is 2.25. The van der Waals surface area contributed by atoms with Crippen LogP contribution in [-0.2, 0) is 0 Å². The lowest BCUT2D eigenvalue weighted by Crippen LogP contribution is -2.49. The molecule has 0 saturated carbocycles. The van der Waals surface area contributed by atoms with Crippen molar-refractivity contribution >= 4 is 29.1 Å². The predicted octanol–water partition coefficient (Wildman–Crippen LogP) is 3.14. The molecule has 1 amide bonds. The third-order valence-corrected chi connectivity index (χ3v) is 5.62. The Morgan fingerprint density at radius 2 is 1.61 bits per heavy atom. The van der Waals surface area contributed by atoms with E-state index in [0.717, 1.165) is 30.5 Å². The zero-order valence-corrected chi connectivity index (χ0v) is 16.6. The fraction of sp³-hybridized carbons (Fsp3) is 0.450. The molecular formula is C20H23ClFN5O. The van der Waals surface area contributed by atoms with Crippen LogP contribution in [0.1, 0.15) is 29.0 Å². The van der Waals surface area contributed by atoms with Gasteiger partial charge in [0, 0.05) is 45.3 Å². The molecule has 3 heterocycles. The van der Waals surface area contributed by atoms with Gasteiger partial charge < -0.3 is 14.7 Å². The lowest BCUT2D eigenvalue weighted by Gasteiger charge is -2.36. The number of hydrogen-bond donors (Lipinski definition) is 0. The molecule has 8 heteroatoms. The van der Waals surface area contributed by atoms with Crippen molar-refractivity contribution < 1.29 is 9.18 Å². The van der Waals surface area contributed by atoms with Crippen LogP contribution in [0.25, 0.3) is 0 Å². The van der Waals surface area contributed by atoms with Crippen LogP contribution in [0.3, 0.4) is 0 Å². The van der Waals surface area contributed by atoms with E-state index in [2.05, 4.69) is 19.8 Å². The first-order chi connectivity index (χ1) is 13.5. The molecule has 2 aromatic rings. The average Bonchev–Trinajstić information content (AvgIpc) is 3.22. The third-order valence-electron chi connectivity index (χ3n) is 5.31. The summed E-state index contributed by atoms with van der Waals surface area (Å²) >= 11 is 6.05. The summed E-state index contributed by atoms with van der Waals surface area (Å²) in [4.78, 5) is 28.0. The van der Waals surface area contributed by atoms with Crippen LogP contribution in [0.2, 0.25) is 5.02 Å². The molecule has 0 unspecified atom stereocenters. The third kappa shape index (κ3) is 3.76. The number of hydrogen-bond acceptors (Lipinski definition) is 5. The highest BCUT2D eigenvalue weighted by molar-refractivity contribution is 6.33. The van der Waals surface area contributed by atoms with E-state index in [1.807, 2.05) is 13.0 Å². The molecule has 2 aliphatic heterocycles. The number of amides is 1. The van der Waals surface area contributed by atoms with Crippen molar-refractivity contribution in [3.05, 3.63) is 46.5 Å². The van der Waals surface area contributed by atoms with Crippen molar-refractivity contribution in [1.29, 1.82) is 0 Å². The minimum absolute atomic E-state index is 0.0492. The molecule has 0 N–H and O–H groups in total. The van der Waals surface area contributed by atoms with Gasteiger partial charge in [-0.25, -0.2) is 14.4 Å². The molecule has 2 aliphatic rings. The van der Waals surface area contributed by atoms with Gasteiger partial charge in [0.05, 0.1) is 10.6 Å². The van der Waals surface area contributed by atoms with Gasteiger partial charge in [0.15, 0.2) is 0 Å². The number of halogens is 2. The van der Waals surface area contributed by atoms with Crippen LogP contribution in [0.5, 0.6) is 0 Å². The lowest BCUT2D eigenvalue weighted by atomic mass is 10.1. The van der Waals surface area contributed by atoms with E-state index >= 15 is 0 Å². The van der Waals surface area contributed by atoms with Crippen LogP contribution in [0.15, 0.2) is 24.3 Å². The molecule has 148 valence electrons. The Bertz CT molecular complexity index is 859. The van der Waals surface area contributed by atoms with Crippen molar-refractivity contribution in [1.82, 2.24) is 14.9 Å². The van der Waals surface area contributed by atoms with Gasteiger partial charge in [-0.05, 0) is 31.9 Å². The monoisotopic (exact) mass is 403 g/mol. The molecule has 6 nitrogen and oxygen atoms in total. The van der Waals surface area contributed by atoms with Crippen molar-refractivity contribution in [3.63, 3.8) is 0 Å². The molecule has 0 aliphatic carbocycles. The molecule has 0 atom stereocenters. The zero-order valence-electron chi connectivity index (χ0n) is 15.9. The number of anilines is 2. The maximum absolute atomic E-state index is 14.1. The van der Waals surface area contributed by atoms with Gasteiger partial charge in [0.25, 0.3) is 5.91 Å². The molecule has 1 aromatic carbocycles. The summed E-state index contributed by atoms with van der Waals surface area (Å²) in [5, 5.41) is 0.147. The zero-order chi connectivity index (χ0) is 19.7. The molecule has 4 rings (SSSR count). The van der Waals surface area contributed by atoms with Gasteiger partial charge in [0.1, 0.15) is 23.3 Å². The Hall–Kier alpha value is -2.41. The van der Waals surface area contributed by atoms with Crippen molar-refractivity contribution in [2.45, 2.75) is 19.8 Å². The normalized spacial score (nSPS) is 17.3. The van der Waals surface area contributed by atoms with Crippen LogP contribution in [-0.4, -0.2) is 60.0 Å². The van der Waals surface area contributed by atoms with E-state index < -0.39 is 5.82 Å². The topological polar surface area (TPSA) is 52.6 Å². The maximum Gasteiger partial charge on any atom is 0.258 e. The number of aryl methyl sites for hydroxylation is 1. The van der Waals surface area contributed by atoms with Gasteiger partial charge in [-0.2, -0.15) is 0 Å². The standard InChI is InChI=1S/C20H23ClFN5O/c1-14-23-17(25-7-2-3-8-25)13-18(24-14)26-9-11-27(12-10-26)20(28)19-15(21)5-4-6-16(19)22/h4-6,13H,2-3,7-12H2,1H3. The number of carbonyl (C=O) groups excluding carboxylic acids is 1. The predicted molar refractivity (Wildman–Crippen MR) is 108 cm³/mol. The second kappa shape index (κ2) is 7.91. The fourth-order valence-electron chi connectivity index (χ4n) is 3.81. The molecule has 0 radical (unpaired) electrons. The van der Waals surface area contributed by atoms with Gasteiger partial charge in [-0.15, -0.1) is 0 Å². The number of carbonyl (C=O) groups is 1. The first-order valence-corrected chi connectivity index (χ1v) is 9.99. The Morgan fingerprint density at radius 3 is 2.21 bits per heavy atom. The Labute approximate surface area is 168 Å². The van der Waals surface area contributed by atoms with E-state index in [1.165, 1.54) is 31.0 Å². The minimum atomic E-state index is -0.582. The summed E-state index contributed by atoms with van der Waals surface area (Å²) in [5.74, 6) is 1.65. The van der Waals surface area contributed by atoms with Gasteiger partial charge in [-0.1, -0.05) is 17.7 Å². The van der Waals surface area contributed by atoms with E-state index in [0.29, 0.717) is 26.2 Å². The summed E-state index contributed by atoms with van der Waals surface area (Å²) in [6.07, 6.45) is 2.38. The van der Waals surface area contributed by atoms with Gasteiger partial charge in [-0.3, -0.25) is 4.79 Å². The number of nitrogens with zero attached hydrogens (tertiary/aromatic N) is 5. The van der Waals surface area contributed by atoms with Gasteiger partial charge >= 0.3 is 0 Å². The SMILES string of the molecule is Cc1nc(N2CCCC2)cc(N2CCN(C(=O)c3c(F)cccc3Cl)CC2)n1. The summed E-state index contributed by atoms with van der Waals surface area (Å²) < 4.78 is 14.1. The second-order valence-corrected chi connectivity index (χ2v) is 7.61.